The van der Waals surface area contributed by atoms with Crippen molar-refractivity contribution in [1.29, 1.82) is 0 Å². The van der Waals surface area contributed by atoms with E-state index in [4.69, 9.17) is 11.6 Å². The van der Waals surface area contributed by atoms with Gasteiger partial charge < -0.3 is 0 Å². The highest BCUT2D eigenvalue weighted by Gasteiger charge is 2.26. The zero-order chi connectivity index (χ0) is 13.9. The van der Waals surface area contributed by atoms with Gasteiger partial charge in [0.1, 0.15) is 0 Å². The van der Waals surface area contributed by atoms with E-state index in [-0.39, 0.29) is 0 Å². The molecule has 1 aromatic rings. The van der Waals surface area contributed by atoms with Gasteiger partial charge in [0, 0.05) is 19.0 Å². The van der Waals surface area contributed by atoms with E-state index >= 15 is 0 Å². The van der Waals surface area contributed by atoms with Gasteiger partial charge >= 0.3 is 0 Å². The van der Waals surface area contributed by atoms with E-state index in [0.717, 1.165) is 24.8 Å². The summed E-state index contributed by atoms with van der Waals surface area (Å²) in [6.45, 7) is 3.43. The molecule has 0 aliphatic carbocycles. The van der Waals surface area contributed by atoms with Crippen molar-refractivity contribution >= 4 is 21.6 Å². The lowest BCUT2D eigenvalue weighted by Gasteiger charge is -2.20. The predicted octanol–water partition coefficient (Wildman–Crippen LogP) is 3.24. The Kier molecular flexibility index (Phi) is 4.87. The van der Waals surface area contributed by atoms with Crippen molar-refractivity contribution in [2.45, 2.75) is 37.0 Å². The molecule has 1 aromatic carbocycles. The number of hydrogen-bond acceptors (Lipinski definition) is 2. The lowest BCUT2D eigenvalue weighted by Crippen LogP contribution is -2.32. The molecule has 1 atom stereocenters. The number of nitrogens with zero attached hydrogens (tertiary/aromatic N) is 1. The van der Waals surface area contributed by atoms with E-state index in [2.05, 4.69) is 6.92 Å². The van der Waals surface area contributed by atoms with Crippen LogP contribution < -0.4 is 0 Å². The summed E-state index contributed by atoms with van der Waals surface area (Å²) < 4.78 is 26.8. The fourth-order valence-electron chi connectivity index (χ4n) is 2.42. The molecule has 0 N–H and O–H groups in total. The normalized spacial score (nSPS) is 22.1. The Morgan fingerprint density at radius 1 is 1.32 bits per heavy atom. The number of hydrogen-bond donors (Lipinski definition) is 0. The second-order valence-electron chi connectivity index (χ2n) is 5.22. The van der Waals surface area contributed by atoms with Gasteiger partial charge in [-0.25, -0.2) is 8.42 Å². The van der Waals surface area contributed by atoms with Crippen LogP contribution in [0.2, 0.25) is 0 Å². The molecule has 1 fully saturated rings. The van der Waals surface area contributed by atoms with Gasteiger partial charge in [-0.2, -0.15) is 4.31 Å². The summed E-state index contributed by atoms with van der Waals surface area (Å²) in [6, 6.07) is 6.93. The maximum absolute atomic E-state index is 12.6. The van der Waals surface area contributed by atoms with Crippen molar-refractivity contribution < 1.29 is 8.42 Å². The third kappa shape index (κ3) is 3.50. The van der Waals surface area contributed by atoms with E-state index in [1.807, 2.05) is 6.07 Å². The highest BCUT2D eigenvalue weighted by molar-refractivity contribution is 7.89. The smallest absolute Gasteiger partial charge is 0.207 e. The molecule has 0 radical (unpaired) electrons. The molecular weight excluding hydrogens is 282 g/mol. The van der Waals surface area contributed by atoms with Crippen LogP contribution in [0.4, 0.5) is 0 Å². The Balaban J connectivity index is 2.25. The van der Waals surface area contributed by atoms with E-state index in [9.17, 15) is 8.42 Å². The van der Waals surface area contributed by atoms with Crippen LogP contribution in [-0.4, -0.2) is 25.8 Å². The van der Waals surface area contributed by atoms with E-state index in [1.54, 1.807) is 22.5 Å². The first-order valence-corrected chi connectivity index (χ1v) is 8.66. The number of rotatable bonds is 3. The standard InChI is InChI=1S/C14H20ClNO2S/c1-12-4-3-8-16(9-7-12)19(17,18)14-6-2-5-13(10-14)11-15/h2,5-6,10,12H,3-4,7-9,11H2,1H3. The molecule has 1 aliphatic rings. The summed E-state index contributed by atoms with van der Waals surface area (Å²) in [5.41, 5.74) is 0.839. The van der Waals surface area contributed by atoms with Crippen LogP contribution in [0.25, 0.3) is 0 Å². The number of alkyl halides is 1. The van der Waals surface area contributed by atoms with Gasteiger partial charge in [-0.05, 0) is 42.9 Å². The highest BCUT2D eigenvalue weighted by atomic mass is 35.5. The van der Waals surface area contributed by atoms with E-state index in [1.165, 1.54) is 0 Å². The molecule has 5 heteroatoms. The van der Waals surface area contributed by atoms with Crippen molar-refractivity contribution in [3.05, 3.63) is 29.8 Å². The number of benzene rings is 1. The molecule has 1 aliphatic heterocycles. The number of halogens is 1. The lowest BCUT2D eigenvalue weighted by molar-refractivity contribution is 0.416. The molecule has 1 heterocycles. The molecule has 0 spiro atoms. The first kappa shape index (κ1) is 14.8. The topological polar surface area (TPSA) is 37.4 Å². The average molecular weight is 302 g/mol. The van der Waals surface area contributed by atoms with Gasteiger partial charge in [0.2, 0.25) is 10.0 Å². The van der Waals surface area contributed by atoms with Gasteiger partial charge in [0.25, 0.3) is 0 Å². The Hall–Kier alpha value is -0.580. The van der Waals surface area contributed by atoms with Gasteiger partial charge in [0.05, 0.1) is 4.90 Å². The fraction of sp³-hybridized carbons (Fsp3) is 0.571. The Morgan fingerprint density at radius 2 is 2.11 bits per heavy atom. The summed E-state index contributed by atoms with van der Waals surface area (Å²) >= 11 is 5.77. The fourth-order valence-corrected chi connectivity index (χ4v) is 4.15. The summed E-state index contributed by atoms with van der Waals surface area (Å²) in [6.07, 6.45) is 2.98. The van der Waals surface area contributed by atoms with Crippen molar-refractivity contribution in [3.8, 4) is 0 Å². The van der Waals surface area contributed by atoms with Crippen LogP contribution >= 0.6 is 11.6 Å². The minimum absolute atomic E-state index is 0.334. The second-order valence-corrected chi connectivity index (χ2v) is 7.43. The molecule has 0 amide bonds. The van der Waals surface area contributed by atoms with Gasteiger partial charge in [-0.15, -0.1) is 11.6 Å². The molecule has 2 rings (SSSR count). The highest BCUT2D eigenvalue weighted by Crippen LogP contribution is 2.23. The molecular formula is C14H20ClNO2S. The zero-order valence-electron chi connectivity index (χ0n) is 11.2. The monoisotopic (exact) mass is 301 g/mol. The first-order chi connectivity index (χ1) is 9.04. The van der Waals surface area contributed by atoms with Gasteiger partial charge in [0.15, 0.2) is 0 Å². The number of sulfonamides is 1. The van der Waals surface area contributed by atoms with Crippen LogP contribution in [0.15, 0.2) is 29.2 Å². The third-order valence-electron chi connectivity index (χ3n) is 3.67. The maximum Gasteiger partial charge on any atom is 0.243 e. The first-order valence-electron chi connectivity index (χ1n) is 6.69. The summed E-state index contributed by atoms with van der Waals surface area (Å²) in [4.78, 5) is 0.361. The summed E-state index contributed by atoms with van der Waals surface area (Å²) in [5, 5.41) is 0. The summed E-state index contributed by atoms with van der Waals surface area (Å²) in [5.74, 6) is 0.940. The van der Waals surface area contributed by atoms with Crippen LogP contribution in [0.5, 0.6) is 0 Å². The quantitative estimate of drug-likeness (QED) is 0.804. The summed E-state index contributed by atoms with van der Waals surface area (Å²) in [7, 11) is -3.37. The molecule has 19 heavy (non-hydrogen) atoms. The van der Waals surface area contributed by atoms with Crippen molar-refractivity contribution in [2.75, 3.05) is 13.1 Å². The second kappa shape index (κ2) is 6.25. The SMILES string of the molecule is CC1CCCN(S(=O)(=O)c2cccc(CCl)c2)CC1. The maximum atomic E-state index is 12.6. The zero-order valence-corrected chi connectivity index (χ0v) is 12.8. The van der Waals surface area contributed by atoms with Gasteiger partial charge in [-0.1, -0.05) is 19.1 Å². The molecule has 0 bridgehead atoms. The van der Waals surface area contributed by atoms with Crippen molar-refractivity contribution in [3.63, 3.8) is 0 Å². The van der Waals surface area contributed by atoms with Crippen molar-refractivity contribution in [1.82, 2.24) is 4.31 Å². The van der Waals surface area contributed by atoms with Crippen molar-refractivity contribution in [2.24, 2.45) is 5.92 Å². The minimum atomic E-state index is -3.37. The lowest BCUT2D eigenvalue weighted by atomic mass is 10.0. The van der Waals surface area contributed by atoms with Crippen LogP contribution in [0.1, 0.15) is 31.7 Å². The Bertz CT molecular complexity index is 530. The average Bonchev–Trinajstić information content (AvgIpc) is 2.64. The third-order valence-corrected chi connectivity index (χ3v) is 5.87. The van der Waals surface area contributed by atoms with Crippen LogP contribution in [0, 0.1) is 5.92 Å². The Labute approximate surface area is 120 Å². The van der Waals surface area contributed by atoms with E-state index in [0.29, 0.717) is 29.8 Å². The predicted molar refractivity (Wildman–Crippen MR) is 77.8 cm³/mol. The molecule has 106 valence electrons. The molecule has 0 aromatic heterocycles. The van der Waals surface area contributed by atoms with Crippen LogP contribution in [-0.2, 0) is 15.9 Å². The Morgan fingerprint density at radius 3 is 2.84 bits per heavy atom. The largest absolute Gasteiger partial charge is 0.243 e. The van der Waals surface area contributed by atoms with Crippen LogP contribution in [0.3, 0.4) is 0 Å². The van der Waals surface area contributed by atoms with E-state index < -0.39 is 10.0 Å². The molecule has 1 saturated heterocycles. The molecule has 3 nitrogen and oxygen atoms in total. The molecule has 0 saturated carbocycles. The molecule has 1 unspecified atom stereocenters. The van der Waals surface area contributed by atoms with Gasteiger partial charge in [-0.3, -0.25) is 0 Å². The minimum Gasteiger partial charge on any atom is -0.207 e.